The van der Waals surface area contributed by atoms with E-state index in [2.05, 4.69) is 19.1 Å². The average molecular weight is 385 g/mol. The molecule has 0 saturated heterocycles. The van der Waals surface area contributed by atoms with Crippen LogP contribution in [-0.2, 0) is 11.2 Å². The van der Waals surface area contributed by atoms with Crippen molar-refractivity contribution in [2.75, 3.05) is 4.90 Å². The van der Waals surface area contributed by atoms with Crippen molar-refractivity contribution in [1.82, 2.24) is 4.98 Å². The number of hydrogen-bond donors (Lipinski definition) is 0. The Hall–Kier alpha value is -3.24. The van der Waals surface area contributed by atoms with Crippen LogP contribution in [0.4, 0.5) is 10.8 Å². The Morgan fingerprint density at radius 1 is 0.964 bits per heavy atom. The van der Waals surface area contributed by atoms with Crippen molar-refractivity contribution in [3.63, 3.8) is 0 Å². The zero-order valence-corrected chi connectivity index (χ0v) is 16.4. The van der Waals surface area contributed by atoms with Gasteiger partial charge < -0.3 is 0 Å². The van der Waals surface area contributed by atoms with E-state index in [1.165, 1.54) is 16.9 Å². The molecule has 0 saturated carbocycles. The Morgan fingerprint density at radius 2 is 1.68 bits per heavy atom. The first-order chi connectivity index (χ1) is 13.7. The number of carbonyl (C=O) groups excluding carboxylic acids is 1. The van der Waals surface area contributed by atoms with Gasteiger partial charge in [-0.1, -0.05) is 72.9 Å². The van der Waals surface area contributed by atoms with E-state index >= 15 is 0 Å². The van der Waals surface area contributed by atoms with Crippen molar-refractivity contribution in [2.45, 2.75) is 13.3 Å². The maximum atomic E-state index is 13.2. The summed E-state index contributed by atoms with van der Waals surface area (Å²) in [6, 6.07) is 25.9. The van der Waals surface area contributed by atoms with Crippen LogP contribution in [0.5, 0.6) is 0 Å². The van der Waals surface area contributed by atoms with Gasteiger partial charge in [-0.2, -0.15) is 0 Å². The molecule has 0 aliphatic heterocycles. The Labute approximate surface area is 168 Å². The SMILES string of the molecule is CCc1ccc(N(C(=O)/C=C/c2ccccc2)c2nc3ccccc3s2)cc1. The maximum Gasteiger partial charge on any atom is 0.257 e. The van der Waals surface area contributed by atoms with Crippen molar-refractivity contribution >= 4 is 44.4 Å². The van der Waals surface area contributed by atoms with Crippen LogP contribution in [0, 0.1) is 0 Å². The average Bonchev–Trinajstić information content (AvgIpc) is 3.17. The first-order valence-corrected chi connectivity index (χ1v) is 10.1. The lowest BCUT2D eigenvalue weighted by molar-refractivity contribution is -0.113. The van der Waals surface area contributed by atoms with Crippen LogP contribution in [0.1, 0.15) is 18.1 Å². The summed E-state index contributed by atoms with van der Waals surface area (Å²) in [6.45, 7) is 2.12. The summed E-state index contributed by atoms with van der Waals surface area (Å²) >= 11 is 1.52. The van der Waals surface area contributed by atoms with E-state index in [0.717, 1.165) is 27.9 Å². The first kappa shape index (κ1) is 18.1. The van der Waals surface area contributed by atoms with Crippen LogP contribution in [-0.4, -0.2) is 10.9 Å². The molecule has 3 aromatic carbocycles. The summed E-state index contributed by atoms with van der Waals surface area (Å²) in [4.78, 5) is 19.5. The highest BCUT2D eigenvalue weighted by Gasteiger charge is 2.20. The molecule has 0 fully saturated rings. The lowest BCUT2D eigenvalue weighted by Crippen LogP contribution is -2.23. The summed E-state index contributed by atoms with van der Waals surface area (Å²) in [5, 5.41) is 0.674. The van der Waals surface area contributed by atoms with Crippen LogP contribution in [0.15, 0.2) is 84.9 Å². The number of rotatable bonds is 5. The number of aromatic nitrogens is 1. The molecule has 138 valence electrons. The Bertz CT molecular complexity index is 1080. The van der Waals surface area contributed by atoms with Gasteiger partial charge in [-0.05, 0) is 47.9 Å². The van der Waals surface area contributed by atoms with Gasteiger partial charge in [-0.3, -0.25) is 9.69 Å². The van der Waals surface area contributed by atoms with Crippen LogP contribution >= 0.6 is 11.3 Å². The van der Waals surface area contributed by atoms with Gasteiger partial charge in [0.1, 0.15) is 0 Å². The molecule has 28 heavy (non-hydrogen) atoms. The molecule has 0 bridgehead atoms. The third kappa shape index (κ3) is 3.87. The Balaban J connectivity index is 1.73. The van der Waals surface area contributed by atoms with Crippen LogP contribution in [0.3, 0.4) is 0 Å². The van der Waals surface area contributed by atoms with E-state index in [9.17, 15) is 4.79 Å². The molecular formula is C24H20N2OS. The summed E-state index contributed by atoms with van der Waals surface area (Å²) in [7, 11) is 0. The van der Waals surface area contributed by atoms with Gasteiger partial charge in [-0.25, -0.2) is 4.98 Å². The fourth-order valence-corrected chi connectivity index (χ4v) is 3.97. The lowest BCUT2D eigenvalue weighted by atomic mass is 10.1. The van der Waals surface area contributed by atoms with Crippen molar-refractivity contribution < 1.29 is 4.79 Å². The highest BCUT2D eigenvalue weighted by Crippen LogP contribution is 2.33. The monoisotopic (exact) mass is 384 g/mol. The predicted molar refractivity (Wildman–Crippen MR) is 118 cm³/mol. The third-order valence-electron chi connectivity index (χ3n) is 4.51. The maximum absolute atomic E-state index is 13.2. The van der Waals surface area contributed by atoms with Crippen molar-refractivity contribution in [1.29, 1.82) is 0 Å². The zero-order valence-electron chi connectivity index (χ0n) is 15.6. The number of aryl methyl sites for hydroxylation is 1. The minimum Gasteiger partial charge on any atom is -0.269 e. The Kier molecular flexibility index (Phi) is 5.31. The van der Waals surface area contributed by atoms with E-state index in [1.54, 1.807) is 11.0 Å². The third-order valence-corrected chi connectivity index (χ3v) is 5.54. The normalized spacial score (nSPS) is 11.2. The van der Waals surface area contributed by atoms with Crippen LogP contribution in [0.2, 0.25) is 0 Å². The number of hydrogen-bond acceptors (Lipinski definition) is 3. The van der Waals surface area contributed by atoms with E-state index in [-0.39, 0.29) is 5.91 Å². The minimum absolute atomic E-state index is 0.118. The molecule has 0 radical (unpaired) electrons. The Morgan fingerprint density at radius 3 is 2.39 bits per heavy atom. The molecule has 0 N–H and O–H groups in total. The molecule has 0 atom stereocenters. The van der Waals surface area contributed by atoms with E-state index in [1.807, 2.05) is 72.8 Å². The van der Waals surface area contributed by atoms with Crippen LogP contribution in [0.25, 0.3) is 16.3 Å². The largest absolute Gasteiger partial charge is 0.269 e. The molecule has 3 nitrogen and oxygen atoms in total. The van der Waals surface area contributed by atoms with Gasteiger partial charge in [0.25, 0.3) is 5.91 Å². The fourth-order valence-electron chi connectivity index (χ4n) is 2.97. The van der Waals surface area contributed by atoms with Gasteiger partial charge in [0.15, 0.2) is 5.13 Å². The van der Waals surface area contributed by atoms with Gasteiger partial charge in [0.05, 0.1) is 15.9 Å². The molecule has 4 aromatic rings. The topological polar surface area (TPSA) is 33.2 Å². The minimum atomic E-state index is -0.118. The number of benzene rings is 3. The van der Waals surface area contributed by atoms with Gasteiger partial charge in [-0.15, -0.1) is 0 Å². The summed E-state index contributed by atoms with van der Waals surface area (Å²) in [5.41, 5.74) is 3.94. The molecule has 0 aliphatic rings. The van der Waals surface area contributed by atoms with Crippen molar-refractivity contribution in [3.8, 4) is 0 Å². The van der Waals surface area contributed by atoms with E-state index in [4.69, 9.17) is 4.98 Å². The number of nitrogens with zero attached hydrogens (tertiary/aromatic N) is 2. The van der Waals surface area contributed by atoms with E-state index in [0.29, 0.717) is 5.13 Å². The standard InChI is InChI=1S/C24H20N2OS/c1-2-18-12-15-20(16-13-18)26(23(27)17-14-19-8-4-3-5-9-19)24-25-21-10-6-7-11-22(21)28-24/h3-17H,2H2,1H3/b17-14+. The number of carbonyl (C=O) groups is 1. The molecule has 4 heteroatoms. The first-order valence-electron chi connectivity index (χ1n) is 9.26. The lowest BCUT2D eigenvalue weighted by Gasteiger charge is -2.18. The molecule has 1 heterocycles. The smallest absolute Gasteiger partial charge is 0.257 e. The van der Waals surface area contributed by atoms with Gasteiger partial charge in [0.2, 0.25) is 0 Å². The summed E-state index contributed by atoms with van der Waals surface area (Å²) in [5.74, 6) is -0.118. The second-order valence-electron chi connectivity index (χ2n) is 6.40. The van der Waals surface area contributed by atoms with Crippen molar-refractivity contribution in [3.05, 3.63) is 96.1 Å². The molecule has 0 aliphatic carbocycles. The molecule has 4 rings (SSSR count). The van der Waals surface area contributed by atoms with Gasteiger partial charge >= 0.3 is 0 Å². The molecule has 1 aromatic heterocycles. The number of fused-ring (bicyclic) bond motifs is 1. The molecule has 0 spiro atoms. The molecular weight excluding hydrogens is 364 g/mol. The summed E-state index contributed by atoms with van der Waals surface area (Å²) < 4.78 is 1.06. The van der Waals surface area contributed by atoms with E-state index < -0.39 is 0 Å². The second kappa shape index (κ2) is 8.19. The predicted octanol–water partition coefficient (Wildman–Crippen LogP) is 6.24. The second-order valence-corrected chi connectivity index (χ2v) is 7.41. The fraction of sp³-hybridized carbons (Fsp3) is 0.0833. The zero-order chi connectivity index (χ0) is 19.3. The quantitative estimate of drug-likeness (QED) is 0.382. The molecule has 1 amide bonds. The summed E-state index contributed by atoms with van der Waals surface area (Å²) in [6.07, 6.45) is 4.40. The number of anilines is 2. The van der Waals surface area contributed by atoms with Crippen LogP contribution < -0.4 is 4.90 Å². The highest BCUT2D eigenvalue weighted by atomic mass is 32.1. The molecule has 0 unspecified atom stereocenters. The number of thiazole rings is 1. The number of para-hydroxylation sites is 1. The van der Waals surface area contributed by atoms with Gasteiger partial charge in [0, 0.05) is 6.08 Å². The van der Waals surface area contributed by atoms with Crippen molar-refractivity contribution in [2.24, 2.45) is 0 Å². The highest BCUT2D eigenvalue weighted by molar-refractivity contribution is 7.22. The number of amides is 1.